The first-order valence-electron chi connectivity index (χ1n) is 5.86. The minimum atomic E-state index is -1.24. The molecule has 2 N–H and O–H groups in total. The first-order valence-corrected chi connectivity index (χ1v) is 5.86. The SMILES string of the molecule is COCC(NC(=O)c1c(C)c(C)nn(C)c1=O)C(=O)O. The smallest absolute Gasteiger partial charge is 0.328 e. The van der Waals surface area contributed by atoms with Gasteiger partial charge in [0.25, 0.3) is 11.5 Å². The molecule has 0 radical (unpaired) electrons. The third-order valence-electron chi connectivity index (χ3n) is 2.89. The van der Waals surface area contributed by atoms with Crippen LogP contribution >= 0.6 is 0 Å². The highest BCUT2D eigenvalue weighted by Crippen LogP contribution is 2.06. The highest BCUT2D eigenvalue weighted by atomic mass is 16.5. The molecule has 110 valence electrons. The third-order valence-corrected chi connectivity index (χ3v) is 2.89. The molecule has 1 aromatic heterocycles. The van der Waals surface area contributed by atoms with Crippen molar-refractivity contribution in [3.05, 3.63) is 27.2 Å². The lowest BCUT2D eigenvalue weighted by Gasteiger charge is -2.15. The molecule has 0 aliphatic carbocycles. The van der Waals surface area contributed by atoms with Gasteiger partial charge >= 0.3 is 5.97 Å². The average molecular weight is 283 g/mol. The van der Waals surface area contributed by atoms with Gasteiger partial charge in [0.05, 0.1) is 12.3 Å². The molecule has 1 amide bonds. The van der Waals surface area contributed by atoms with Gasteiger partial charge in [-0.05, 0) is 19.4 Å². The Labute approximate surface area is 115 Å². The fourth-order valence-corrected chi connectivity index (χ4v) is 1.69. The van der Waals surface area contributed by atoms with Crippen molar-refractivity contribution in [2.45, 2.75) is 19.9 Å². The zero-order chi connectivity index (χ0) is 15.4. The maximum Gasteiger partial charge on any atom is 0.328 e. The molecule has 0 saturated carbocycles. The van der Waals surface area contributed by atoms with E-state index in [0.717, 1.165) is 4.68 Å². The van der Waals surface area contributed by atoms with Crippen molar-refractivity contribution in [1.82, 2.24) is 15.1 Å². The molecule has 1 atom stereocenters. The molecule has 0 aliphatic rings. The van der Waals surface area contributed by atoms with E-state index in [1.807, 2.05) is 0 Å². The standard InChI is InChI=1S/C12H17N3O5/c1-6-7(2)14-15(3)11(17)9(6)10(16)13-8(5-20-4)12(18)19/h8H,5H2,1-4H3,(H,13,16)(H,18,19). The number of carbonyl (C=O) groups excluding carboxylic acids is 1. The van der Waals surface area contributed by atoms with Crippen LogP contribution in [-0.2, 0) is 16.6 Å². The van der Waals surface area contributed by atoms with Crippen LogP contribution in [0.5, 0.6) is 0 Å². The highest BCUT2D eigenvalue weighted by molar-refractivity contribution is 5.97. The van der Waals surface area contributed by atoms with Crippen molar-refractivity contribution in [2.75, 3.05) is 13.7 Å². The van der Waals surface area contributed by atoms with E-state index < -0.39 is 23.5 Å². The number of carbonyl (C=O) groups is 2. The molecule has 1 rings (SSSR count). The van der Waals surface area contributed by atoms with Gasteiger partial charge in [-0.3, -0.25) is 9.59 Å². The number of aryl methyl sites for hydroxylation is 2. The average Bonchev–Trinajstić information content (AvgIpc) is 2.36. The Balaban J connectivity index is 3.16. The Hall–Kier alpha value is -2.22. The molecule has 8 heteroatoms. The second-order valence-corrected chi connectivity index (χ2v) is 4.33. The van der Waals surface area contributed by atoms with Gasteiger partial charge in [-0.15, -0.1) is 0 Å². The van der Waals surface area contributed by atoms with Gasteiger partial charge < -0.3 is 15.2 Å². The van der Waals surface area contributed by atoms with Crippen molar-refractivity contribution in [1.29, 1.82) is 0 Å². The van der Waals surface area contributed by atoms with Crippen LogP contribution in [0.4, 0.5) is 0 Å². The first-order chi connectivity index (χ1) is 9.29. The Morgan fingerprint density at radius 2 is 2.05 bits per heavy atom. The topological polar surface area (TPSA) is 111 Å². The van der Waals surface area contributed by atoms with Crippen molar-refractivity contribution in [2.24, 2.45) is 7.05 Å². The minimum absolute atomic E-state index is 0.109. The number of carboxylic acid groups (broad SMARTS) is 1. The van der Waals surface area contributed by atoms with Crippen LogP contribution < -0.4 is 10.9 Å². The summed E-state index contributed by atoms with van der Waals surface area (Å²) in [5, 5.41) is 15.2. The lowest BCUT2D eigenvalue weighted by Crippen LogP contribution is -2.46. The number of nitrogens with one attached hydrogen (secondary N) is 1. The molecule has 0 spiro atoms. The van der Waals surface area contributed by atoms with Crippen LogP contribution in [0.1, 0.15) is 21.6 Å². The molecule has 0 aliphatic heterocycles. The molecule has 0 fully saturated rings. The monoisotopic (exact) mass is 283 g/mol. The normalized spacial score (nSPS) is 12.0. The minimum Gasteiger partial charge on any atom is -0.480 e. The number of ether oxygens (including phenoxy) is 1. The van der Waals surface area contributed by atoms with Crippen molar-refractivity contribution in [3.8, 4) is 0 Å². The molecule has 8 nitrogen and oxygen atoms in total. The van der Waals surface area contributed by atoms with Crippen molar-refractivity contribution >= 4 is 11.9 Å². The number of methoxy groups -OCH3 is 1. The number of carboxylic acids is 1. The van der Waals surface area contributed by atoms with Crippen LogP contribution in [0.15, 0.2) is 4.79 Å². The van der Waals surface area contributed by atoms with Crippen LogP contribution in [-0.4, -0.2) is 46.5 Å². The second-order valence-electron chi connectivity index (χ2n) is 4.33. The molecule has 1 heterocycles. The van der Waals surface area contributed by atoms with Gasteiger partial charge in [0.15, 0.2) is 6.04 Å². The number of aliphatic carboxylic acids is 1. The largest absolute Gasteiger partial charge is 0.480 e. The second kappa shape index (κ2) is 6.29. The lowest BCUT2D eigenvalue weighted by atomic mass is 10.1. The Morgan fingerprint density at radius 1 is 1.45 bits per heavy atom. The predicted molar refractivity (Wildman–Crippen MR) is 69.7 cm³/mol. The summed E-state index contributed by atoms with van der Waals surface area (Å²) in [5.41, 5.74) is 0.262. The van der Waals surface area contributed by atoms with E-state index in [0.29, 0.717) is 11.3 Å². The van der Waals surface area contributed by atoms with Crippen LogP contribution in [0.3, 0.4) is 0 Å². The van der Waals surface area contributed by atoms with E-state index in [1.165, 1.54) is 14.2 Å². The predicted octanol–water partition coefficient (Wildman–Crippen LogP) is -0.773. The summed E-state index contributed by atoms with van der Waals surface area (Å²) >= 11 is 0. The first kappa shape index (κ1) is 15.8. The fraction of sp³-hybridized carbons (Fsp3) is 0.500. The van der Waals surface area contributed by atoms with Gasteiger partial charge in [-0.1, -0.05) is 0 Å². The zero-order valence-corrected chi connectivity index (χ0v) is 11.8. The molecule has 1 aromatic rings. The summed E-state index contributed by atoms with van der Waals surface area (Å²) in [6.07, 6.45) is 0. The summed E-state index contributed by atoms with van der Waals surface area (Å²) in [6, 6.07) is -1.22. The molecular weight excluding hydrogens is 266 g/mol. The number of nitrogens with zero attached hydrogens (tertiary/aromatic N) is 2. The van der Waals surface area contributed by atoms with Crippen molar-refractivity contribution in [3.63, 3.8) is 0 Å². The van der Waals surface area contributed by atoms with Gasteiger partial charge in [-0.25, -0.2) is 9.48 Å². The zero-order valence-electron chi connectivity index (χ0n) is 11.8. The van der Waals surface area contributed by atoms with Gasteiger partial charge in [0, 0.05) is 14.2 Å². The maximum atomic E-state index is 12.1. The Kier molecular flexibility index (Phi) is 4.98. The van der Waals surface area contributed by atoms with Crippen LogP contribution in [0, 0.1) is 13.8 Å². The third kappa shape index (κ3) is 3.21. The fourth-order valence-electron chi connectivity index (χ4n) is 1.69. The molecular formula is C12H17N3O5. The van der Waals surface area contributed by atoms with Crippen LogP contribution in [0.2, 0.25) is 0 Å². The van der Waals surface area contributed by atoms with Crippen LogP contribution in [0.25, 0.3) is 0 Å². The summed E-state index contributed by atoms with van der Waals surface area (Å²) < 4.78 is 5.76. The number of amides is 1. The summed E-state index contributed by atoms with van der Waals surface area (Å²) in [5.74, 6) is -1.99. The van der Waals surface area contributed by atoms with E-state index >= 15 is 0 Å². The summed E-state index contributed by atoms with van der Waals surface area (Å²) in [4.78, 5) is 35.0. The van der Waals surface area contributed by atoms with Gasteiger partial charge in [-0.2, -0.15) is 5.10 Å². The molecule has 1 unspecified atom stereocenters. The molecule has 0 saturated heterocycles. The van der Waals surface area contributed by atoms with E-state index in [1.54, 1.807) is 13.8 Å². The van der Waals surface area contributed by atoms with E-state index in [-0.39, 0.29) is 12.2 Å². The molecule has 0 bridgehead atoms. The van der Waals surface area contributed by atoms with Crippen molar-refractivity contribution < 1.29 is 19.4 Å². The molecule has 0 aromatic carbocycles. The summed E-state index contributed by atoms with van der Waals surface area (Å²) in [7, 11) is 2.75. The van der Waals surface area contributed by atoms with E-state index in [4.69, 9.17) is 9.84 Å². The number of hydrogen-bond acceptors (Lipinski definition) is 5. The van der Waals surface area contributed by atoms with E-state index in [9.17, 15) is 14.4 Å². The van der Waals surface area contributed by atoms with E-state index in [2.05, 4.69) is 10.4 Å². The quantitative estimate of drug-likeness (QED) is 0.734. The maximum absolute atomic E-state index is 12.1. The number of hydrogen-bond donors (Lipinski definition) is 2. The number of aromatic nitrogens is 2. The lowest BCUT2D eigenvalue weighted by molar-refractivity contribution is -0.140. The number of rotatable bonds is 5. The Bertz CT molecular complexity index is 593. The highest BCUT2D eigenvalue weighted by Gasteiger charge is 2.24. The molecule has 20 heavy (non-hydrogen) atoms. The Morgan fingerprint density at radius 3 is 2.55 bits per heavy atom. The summed E-state index contributed by atoms with van der Waals surface area (Å²) in [6.45, 7) is 3.06. The van der Waals surface area contributed by atoms with Gasteiger partial charge in [0.1, 0.15) is 5.56 Å². The van der Waals surface area contributed by atoms with Gasteiger partial charge in [0.2, 0.25) is 0 Å².